The number of nitro benzene ring substituents is 1. The Kier molecular flexibility index (Phi) is 9.99. The van der Waals surface area contributed by atoms with E-state index in [2.05, 4.69) is 20.8 Å². The number of ether oxygens (including phenoxy) is 1. The summed E-state index contributed by atoms with van der Waals surface area (Å²) in [6.45, 7) is 1.55. The van der Waals surface area contributed by atoms with E-state index in [0.717, 1.165) is 11.1 Å². The molecule has 4 rings (SSSR count). The first-order valence-corrected chi connectivity index (χ1v) is 13.6. The normalized spacial score (nSPS) is 11.5. The maximum atomic E-state index is 13.4. The molecule has 1 heterocycles. The van der Waals surface area contributed by atoms with E-state index in [1.165, 1.54) is 36.0 Å². The van der Waals surface area contributed by atoms with Crippen molar-refractivity contribution in [3.8, 4) is 5.69 Å². The Morgan fingerprint density at radius 3 is 2.39 bits per heavy atom. The Hall–Kier alpha value is -4.78. The number of hydrogen-bond donors (Lipinski definition) is 2. The standard InChI is InChI=1S/C28H27FN6O5S/c1-2-40-25(36)17-30-27(37)31-24(16-19-6-4-3-5-7-19)26-32-33-28(41-18-20-8-10-21(29)11-9-20)34(26)22-12-14-23(15-13-22)35(38)39/h3-15,24H,2,16-18H2,1H3,(H2,30,31,37). The van der Waals surface area contributed by atoms with Gasteiger partial charge in [0, 0.05) is 30.0 Å². The molecular weight excluding hydrogens is 551 g/mol. The first-order valence-electron chi connectivity index (χ1n) is 12.6. The van der Waals surface area contributed by atoms with Crippen LogP contribution in [0.4, 0.5) is 14.9 Å². The van der Waals surface area contributed by atoms with E-state index in [-0.39, 0.29) is 24.7 Å². The van der Waals surface area contributed by atoms with Gasteiger partial charge in [-0.3, -0.25) is 19.5 Å². The van der Waals surface area contributed by atoms with Crippen molar-refractivity contribution in [1.82, 2.24) is 25.4 Å². The number of halogens is 1. The molecule has 0 spiro atoms. The van der Waals surface area contributed by atoms with Crippen LogP contribution in [0.25, 0.3) is 5.69 Å². The van der Waals surface area contributed by atoms with Crippen LogP contribution in [-0.2, 0) is 21.7 Å². The van der Waals surface area contributed by atoms with Gasteiger partial charge in [0.2, 0.25) is 0 Å². The smallest absolute Gasteiger partial charge is 0.325 e. The van der Waals surface area contributed by atoms with Gasteiger partial charge in [0.05, 0.1) is 17.6 Å². The van der Waals surface area contributed by atoms with Crippen LogP contribution in [-0.4, -0.2) is 44.8 Å². The summed E-state index contributed by atoms with van der Waals surface area (Å²) in [5.41, 5.74) is 2.22. The van der Waals surface area contributed by atoms with Crippen LogP contribution < -0.4 is 10.6 Å². The summed E-state index contributed by atoms with van der Waals surface area (Å²) in [5, 5.41) is 25.9. The summed E-state index contributed by atoms with van der Waals surface area (Å²) in [6.07, 6.45) is 0.335. The van der Waals surface area contributed by atoms with Gasteiger partial charge in [0.15, 0.2) is 11.0 Å². The average molecular weight is 579 g/mol. The molecule has 0 bridgehead atoms. The second kappa shape index (κ2) is 14.0. The Morgan fingerprint density at radius 2 is 1.73 bits per heavy atom. The fourth-order valence-corrected chi connectivity index (χ4v) is 4.84. The lowest BCUT2D eigenvalue weighted by molar-refractivity contribution is -0.384. The predicted molar refractivity (Wildman–Crippen MR) is 150 cm³/mol. The number of non-ortho nitro benzene ring substituents is 1. The lowest BCUT2D eigenvalue weighted by atomic mass is 10.1. The fraction of sp³-hybridized carbons (Fsp3) is 0.214. The van der Waals surface area contributed by atoms with Gasteiger partial charge in [-0.15, -0.1) is 10.2 Å². The van der Waals surface area contributed by atoms with Crippen LogP contribution >= 0.6 is 11.8 Å². The maximum Gasteiger partial charge on any atom is 0.325 e. The van der Waals surface area contributed by atoms with Crippen LogP contribution in [0.3, 0.4) is 0 Å². The van der Waals surface area contributed by atoms with Crippen molar-refractivity contribution in [1.29, 1.82) is 0 Å². The summed E-state index contributed by atoms with van der Waals surface area (Å²) in [6, 6.07) is 20.1. The summed E-state index contributed by atoms with van der Waals surface area (Å²) in [4.78, 5) is 35.4. The van der Waals surface area contributed by atoms with Crippen LogP contribution in [0.15, 0.2) is 84.0 Å². The number of carbonyl (C=O) groups excluding carboxylic acids is 2. The van der Waals surface area contributed by atoms with Gasteiger partial charge >= 0.3 is 12.0 Å². The summed E-state index contributed by atoms with van der Waals surface area (Å²) < 4.78 is 20.0. The van der Waals surface area contributed by atoms with Crippen LogP contribution in [0.5, 0.6) is 0 Å². The Bertz CT molecular complexity index is 1480. The molecule has 0 saturated carbocycles. The van der Waals surface area contributed by atoms with E-state index in [1.807, 2.05) is 30.3 Å². The highest BCUT2D eigenvalue weighted by atomic mass is 32.2. The third-order valence-corrected chi connectivity index (χ3v) is 6.86. The molecule has 41 heavy (non-hydrogen) atoms. The van der Waals surface area contributed by atoms with Crippen LogP contribution in [0.1, 0.15) is 29.9 Å². The third kappa shape index (κ3) is 8.11. The van der Waals surface area contributed by atoms with E-state index in [4.69, 9.17) is 4.74 Å². The van der Waals surface area contributed by atoms with E-state index in [1.54, 1.807) is 35.8 Å². The van der Waals surface area contributed by atoms with Gasteiger partial charge in [-0.05, 0) is 42.3 Å². The zero-order chi connectivity index (χ0) is 29.2. The Balaban J connectivity index is 1.69. The molecule has 1 unspecified atom stereocenters. The van der Waals surface area contributed by atoms with Gasteiger partial charge in [-0.1, -0.05) is 54.2 Å². The number of rotatable bonds is 12. The molecule has 2 N–H and O–H groups in total. The predicted octanol–water partition coefficient (Wildman–Crippen LogP) is 4.75. The number of thioether (sulfide) groups is 1. The number of nitrogens with zero attached hydrogens (tertiary/aromatic N) is 4. The molecule has 0 aliphatic rings. The highest BCUT2D eigenvalue weighted by Gasteiger charge is 2.25. The molecule has 0 radical (unpaired) electrons. The number of nitro groups is 1. The molecule has 0 aliphatic heterocycles. The highest BCUT2D eigenvalue weighted by Crippen LogP contribution is 2.30. The summed E-state index contributed by atoms with van der Waals surface area (Å²) in [7, 11) is 0. The molecule has 2 amide bonds. The minimum atomic E-state index is -0.706. The van der Waals surface area contributed by atoms with Crippen molar-refractivity contribution >= 4 is 29.4 Å². The van der Waals surface area contributed by atoms with Crippen molar-refractivity contribution in [3.63, 3.8) is 0 Å². The number of urea groups is 1. The second-order valence-electron chi connectivity index (χ2n) is 8.74. The second-order valence-corrected chi connectivity index (χ2v) is 9.68. The Labute approximate surface area is 239 Å². The lowest BCUT2D eigenvalue weighted by Gasteiger charge is -2.20. The fourth-order valence-electron chi connectivity index (χ4n) is 3.93. The van der Waals surface area contributed by atoms with Crippen molar-refractivity contribution in [2.24, 2.45) is 0 Å². The number of aromatic nitrogens is 3. The Morgan fingerprint density at radius 1 is 1.02 bits per heavy atom. The largest absolute Gasteiger partial charge is 0.465 e. The topological polar surface area (TPSA) is 141 Å². The third-order valence-electron chi connectivity index (χ3n) is 5.86. The minimum Gasteiger partial charge on any atom is -0.465 e. The minimum absolute atomic E-state index is 0.0822. The average Bonchev–Trinajstić information content (AvgIpc) is 3.40. The van der Waals surface area contributed by atoms with Crippen molar-refractivity contribution < 1.29 is 23.6 Å². The molecule has 0 saturated heterocycles. The van der Waals surface area contributed by atoms with Gasteiger partial charge in [-0.25, -0.2) is 9.18 Å². The lowest BCUT2D eigenvalue weighted by Crippen LogP contribution is -2.42. The van der Waals surface area contributed by atoms with Crippen molar-refractivity contribution in [2.45, 2.75) is 30.3 Å². The molecule has 4 aromatic rings. The number of carbonyl (C=O) groups is 2. The molecule has 0 fully saturated rings. The quantitative estimate of drug-likeness (QED) is 0.106. The number of esters is 1. The van der Waals surface area contributed by atoms with Crippen molar-refractivity contribution in [3.05, 3.63) is 112 Å². The van der Waals surface area contributed by atoms with E-state index < -0.39 is 23.0 Å². The van der Waals surface area contributed by atoms with Gasteiger partial charge in [0.25, 0.3) is 5.69 Å². The number of hydrogen-bond acceptors (Lipinski definition) is 8. The van der Waals surface area contributed by atoms with Crippen LogP contribution in [0, 0.1) is 15.9 Å². The number of amides is 2. The molecule has 1 aromatic heterocycles. The molecule has 11 nitrogen and oxygen atoms in total. The van der Waals surface area contributed by atoms with Gasteiger partial charge in [0.1, 0.15) is 12.4 Å². The van der Waals surface area contributed by atoms with E-state index >= 15 is 0 Å². The highest BCUT2D eigenvalue weighted by molar-refractivity contribution is 7.98. The number of benzene rings is 3. The first-order chi connectivity index (χ1) is 19.8. The molecule has 1 atom stereocenters. The monoisotopic (exact) mass is 578 g/mol. The molecule has 0 aliphatic carbocycles. The maximum absolute atomic E-state index is 13.4. The summed E-state index contributed by atoms with van der Waals surface area (Å²) in [5.74, 6) is -0.0973. The number of nitrogens with one attached hydrogen (secondary N) is 2. The summed E-state index contributed by atoms with van der Waals surface area (Å²) >= 11 is 1.34. The van der Waals surface area contributed by atoms with Crippen LogP contribution in [0.2, 0.25) is 0 Å². The molecule has 3 aromatic carbocycles. The zero-order valence-corrected chi connectivity index (χ0v) is 22.8. The molecule has 212 valence electrons. The van der Waals surface area contributed by atoms with E-state index in [9.17, 15) is 24.1 Å². The zero-order valence-electron chi connectivity index (χ0n) is 22.0. The SMILES string of the molecule is CCOC(=O)CNC(=O)NC(Cc1ccccc1)c1nnc(SCc2ccc(F)cc2)n1-c1ccc([N+](=O)[O-])cc1. The van der Waals surface area contributed by atoms with E-state index in [0.29, 0.717) is 28.8 Å². The van der Waals surface area contributed by atoms with Crippen molar-refractivity contribution in [2.75, 3.05) is 13.2 Å². The van der Waals surface area contributed by atoms with Gasteiger partial charge < -0.3 is 15.4 Å². The van der Waals surface area contributed by atoms with Gasteiger partial charge in [-0.2, -0.15) is 0 Å². The molecular formula is C28H27FN6O5S. The first kappa shape index (κ1) is 29.2. The molecule has 13 heteroatoms.